The highest BCUT2D eigenvalue weighted by Gasteiger charge is 2.21. The summed E-state index contributed by atoms with van der Waals surface area (Å²) in [6.07, 6.45) is 0. The molecule has 0 bridgehead atoms. The number of halogens is 1. The van der Waals surface area contributed by atoms with Gasteiger partial charge in [-0.05, 0) is 25.0 Å². The van der Waals surface area contributed by atoms with Crippen LogP contribution in [0, 0.1) is 13.8 Å². The Morgan fingerprint density at radius 1 is 1.37 bits per heavy atom. The summed E-state index contributed by atoms with van der Waals surface area (Å²) in [7, 11) is 1.34. The fourth-order valence-corrected chi connectivity index (χ4v) is 3.30. The molecule has 0 aliphatic carbocycles. The van der Waals surface area contributed by atoms with Crippen molar-refractivity contribution in [3.8, 4) is 10.4 Å². The minimum atomic E-state index is -0.416. The van der Waals surface area contributed by atoms with Gasteiger partial charge in [-0.15, -0.1) is 11.3 Å². The largest absolute Gasteiger partial charge is 0.465 e. The van der Waals surface area contributed by atoms with Crippen molar-refractivity contribution in [2.45, 2.75) is 13.8 Å². The Kier molecular flexibility index (Phi) is 3.83. The van der Waals surface area contributed by atoms with Crippen molar-refractivity contribution < 1.29 is 9.53 Å². The fourth-order valence-electron chi connectivity index (χ4n) is 1.85. The van der Waals surface area contributed by atoms with Crippen LogP contribution in [-0.4, -0.2) is 13.1 Å². The van der Waals surface area contributed by atoms with Gasteiger partial charge in [0.25, 0.3) is 0 Å². The van der Waals surface area contributed by atoms with E-state index in [4.69, 9.17) is 22.1 Å². The average Bonchev–Trinajstić information content (AvgIpc) is 2.69. The third-order valence-corrected chi connectivity index (χ3v) is 4.82. The van der Waals surface area contributed by atoms with Gasteiger partial charge < -0.3 is 10.5 Å². The molecule has 0 aliphatic rings. The summed E-state index contributed by atoms with van der Waals surface area (Å²) in [6, 6.07) is 5.80. The molecule has 5 heteroatoms. The SMILES string of the molecule is COC(=O)c1sc(-c2cccc(C)c2Cl)c(C)c1N. The second-order valence-electron chi connectivity index (χ2n) is 4.23. The summed E-state index contributed by atoms with van der Waals surface area (Å²) in [6.45, 7) is 3.83. The van der Waals surface area contributed by atoms with Crippen LogP contribution in [-0.2, 0) is 4.74 Å². The lowest BCUT2D eigenvalue weighted by molar-refractivity contribution is 0.0607. The molecular weight excluding hydrogens is 282 g/mol. The Morgan fingerprint density at radius 2 is 2.05 bits per heavy atom. The molecule has 0 fully saturated rings. The molecule has 0 saturated heterocycles. The van der Waals surface area contributed by atoms with Crippen LogP contribution in [0.25, 0.3) is 10.4 Å². The molecule has 19 heavy (non-hydrogen) atoms. The van der Waals surface area contributed by atoms with Gasteiger partial charge in [0.05, 0.1) is 17.8 Å². The summed E-state index contributed by atoms with van der Waals surface area (Å²) in [4.78, 5) is 13.0. The van der Waals surface area contributed by atoms with Crippen molar-refractivity contribution in [2.75, 3.05) is 12.8 Å². The van der Waals surface area contributed by atoms with Gasteiger partial charge in [-0.2, -0.15) is 0 Å². The third-order valence-electron chi connectivity index (χ3n) is 3.00. The molecule has 2 aromatic rings. The number of hydrogen-bond acceptors (Lipinski definition) is 4. The smallest absolute Gasteiger partial charge is 0.350 e. The van der Waals surface area contributed by atoms with E-state index >= 15 is 0 Å². The first-order valence-electron chi connectivity index (χ1n) is 5.70. The number of hydrogen-bond donors (Lipinski definition) is 1. The zero-order valence-electron chi connectivity index (χ0n) is 10.9. The number of benzene rings is 1. The van der Waals surface area contributed by atoms with Crippen LogP contribution in [0.2, 0.25) is 5.02 Å². The van der Waals surface area contributed by atoms with Crippen LogP contribution >= 0.6 is 22.9 Å². The maximum atomic E-state index is 11.7. The van der Waals surface area contributed by atoms with Gasteiger partial charge in [-0.3, -0.25) is 0 Å². The zero-order chi connectivity index (χ0) is 14.2. The van der Waals surface area contributed by atoms with E-state index in [1.807, 2.05) is 32.0 Å². The molecule has 0 spiro atoms. The quantitative estimate of drug-likeness (QED) is 0.850. The fraction of sp³-hybridized carbons (Fsp3) is 0.214. The first-order valence-corrected chi connectivity index (χ1v) is 6.89. The van der Waals surface area contributed by atoms with E-state index in [1.54, 1.807) is 0 Å². The van der Waals surface area contributed by atoms with Crippen molar-refractivity contribution in [2.24, 2.45) is 0 Å². The molecule has 100 valence electrons. The van der Waals surface area contributed by atoms with Crippen molar-refractivity contribution >= 4 is 34.6 Å². The molecule has 0 unspecified atom stereocenters. The number of nitrogens with two attached hydrogens (primary N) is 1. The number of carbonyl (C=O) groups is 1. The molecule has 1 heterocycles. The highest BCUT2D eigenvalue weighted by Crippen LogP contribution is 2.41. The lowest BCUT2D eigenvalue weighted by Crippen LogP contribution is -2.01. The molecule has 1 aromatic carbocycles. The second-order valence-corrected chi connectivity index (χ2v) is 5.63. The zero-order valence-corrected chi connectivity index (χ0v) is 12.5. The molecule has 2 N–H and O–H groups in total. The molecule has 0 saturated carbocycles. The van der Waals surface area contributed by atoms with E-state index < -0.39 is 5.97 Å². The van der Waals surface area contributed by atoms with Gasteiger partial charge in [-0.25, -0.2) is 4.79 Å². The number of anilines is 1. The van der Waals surface area contributed by atoms with Crippen molar-refractivity contribution in [3.63, 3.8) is 0 Å². The summed E-state index contributed by atoms with van der Waals surface area (Å²) in [5.41, 5.74) is 9.18. The number of aryl methyl sites for hydroxylation is 1. The predicted octanol–water partition coefficient (Wildman–Crippen LogP) is 4.05. The summed E-state index contributed by atoms with van der Waals surface area (Å²) in [5, 5.41) is 0.684. The number of ether oxygens (including phenoxy) is 1. The van der Waals surface area contributed by atoms with Crippen LogP contribution in [0.3, 0.4) is 0 Å². The van der Waals surface area contributed by atoms with Gasteiger partial charge in [0.2, 0.25) is 0 Å². The standard InChI is InChI=1S/C14H14ClNO2S/c1-7-5-4-6-9(10(7)15)12-8(2)11(16)13(19-12)14(17)18-3/h4-6H,16H2,1-3H3. The summed E-state index contributed by atoms with van der Waals surface area (Å²) >= 11 is 7.64. The van der Waals surface area contributed by atoms with Gasteiger partial charge in [0.15, 0.2) is 0 Å². The van der Waals surface area contributed by atoms with Gasteiger partial charge >= 0.3 is 5.97 Å². The summed E-state index contributed by atoms with van der Waals surface area (Å²) < 4.78 is 4.73. The highest BCUT2D eigenvalue weighted by molar-refractivity contribution is 7.18. The van der Waals surface area contributed by atoms with E-state index in [-0.39, 0.29) is 0 Å². The van der Waals surface area contributed by atoms with Gasteiger partial charge in [0, 0.05) is 10.4 Å². The van der Waals surface area contributed by atoms with Crippen LogP contribution in [0.4, 0.5) is 5.69 Å². The van der Waals surface area contributed by atoms with Crippen LogP contribution in [0.1, 0.15) is 20.8 Å². The minimum Gasteiger partial charge on any atom is -0.465 e. The molecule has 0 atom stereocenters. The van der Waals surface area contributed by atoms with Crippen molar-refractivity contribution in [1.29, 1.82) is 0 Å². The Balaban J connectivity index is 2.64. The normalized spacial score (nSPS) is 10.5. The average molecular weight is 296 g/mol. The van der Waals surface area contributed by atoms with Gasteiger partial charge in [-0.1, -0.05) is 29.8 Å². The molecule has 0 aliphatic heterocycles. The second kappa shape index (κ2) is 5.23. The van der Waals surface area contributed by atoms with Crippen LogP contribution in [0.15, 0.2) is 18.2 Å². The molecular formula is C14H14ClNO2S. The number of carbonyl (C=O) groups excluding carboxylic acids is 1. The molecule has 3 nitrogen and oxygen atoms in total. The number of thiophene rings is 1. The van der Waals surface area contributed by atoms with Crippen molar-refractivity contribution in [3.05, 3.63) is 39.2 Å². The van der Waals surface area contributed by atoms with E-state index in [0.717, 1.165) is 21.6 Å². The number of esters is 1. The van der Waals surface area contributed by atoms with Crippen molar-refractivity contribution in [1.82, 2.24) is 0 Å². The van der Waals surface area contributed by atoms with E-state index in [1.165, 1.54) is 18.4 Å². The Morgan fingerprint density at radius 3 is 2.68 bits per heavy atom. The number of methoxy groups -OCH3 is 1. The van der Waals surface area contributed by atoms with E-state index in [0.29, 0.717) is 15.6 Å². The molecule has 0 amide bonds. The maximum absolute atomic E-state index is 11.7. The Labute approximate surface area is 121 Å². The minimum absolute atomic E-state index is 0.416. The molecule has 2 rings (SSSR count). The summed E-state index contributed by atoms with van der Waals surface area (Å²) in [5.74, 6) is -0.416. The third kappa shape index (κ3) is 2.33. The first-order chi connectivity index (χ1) is 8.97. The van der Waals surface area contributed by atoms with E-state index in [9.17, 15) is 4.79 Å². The molecule has 1 aromatic heterocycles. The maximum Gasteiger partial charge on any atom is 0.350 e. The topological polar surface area (TPSA) is 52.3 Å². The molecule has 0 radical (unpaired) electrons. The predicted molar refractivity (Wildman–Crippen MR) is 80.0 cm³/mol. The first kappa shape index (κ1) is 13.9. The lowest BCUT2D eigenvalue weighted by atomic mass is 10.1. The Hall–Kier alpha value is -1.52. The van der Waals surface area contributed by atoms with Crippen LogP contribution in [0.5, 0.6) is 0 Å². The highest BCUT2D eigenvalue weighted by atomic mass is 35.5. The monoisotopic (exact) mass is 295 g/mol. The number of nitrogen functional groups attached to an aromatic ring is 1. The van der Waals surface area contributed by atoms with Gasteiger partial charge in [0.1, 0.15) is 4.88 Å². The lowest BCUT2D eigenvalue weighted by Gasteiger charge is -2.05. The van der Waals surface area contributed by atoms with E-state index in [2.05, 4.69) is 0 Å². The van der Waals surface area contributed by atoms with Crippen LogP contribution < -0.4 is 5.73 Å². The number of rotatable bonds is 2. The Bertz CT molecular complexity index is 649.